The number of anilines is 3. The monoisotopic (exact) mass is 381 g/mol. The molecule has 2 aliphatic rings. The van der Waals surface area contributed by atoms with Gasteiger partial charge in [-0.05, 0) is 55.7 Å². The molecule has 4 rings (SSSR count). The third-order valence-electron chi connectivity index (χ3n) is 5.51. The minimum Gasteiger partial charge on any atom is -0.372 e. The van der Waals surface area contributed by atoms with Gasteiger partial charge in [-0.1, -0.05) is 12.1 Å². The minimum absolute atomic E-state index is 0.0839. The molecule has 2 aromatic rings. The first-order valence-corrected chi connectivity index (χ1v) is 9.82. The van der Waals surface area contributed by atoms with E-state index in [2.05, 4.69) is 10.2 Å². The van der Waals surface area contributed by atoms with Crippen LogP contribution in [0.1, 0.15) is 25.7 Å². The van der Waals surface area contributed by atoms with Crippen LogP contribution in [0.4, 0.5) is 21.5 Å². The molecule has 1 N–H and O–H groups in total. The molecule has 2 heterocycles. The van der Waals surface area contributed by atoms with E-state index < -0.39 is 11.7 Å². The number of piperidine rings is 1. The summed E-state index contributed by atoms with van der Waals surface area (Å²) in [6.45, 7) is 2.45. The highest BCUT2D eigenvalue weighted by molar-refractivity contribution is 6.03. The Labute approximate surface area is 164 Å². The maximum atomic E-state index is 13.8. The van der Waals surface area contributed by atoms with Crippen LogP contribution in [0.15, 0.2) is 48.5 Å². The number of rotatable bonds is 4. The lowest BCUT2D eigenvalue weighted by molar-refractivity contribution is -0.122. The number of nitrogens with one attached hydrogen (secondary N) is 1. The minimum atomic E-state index is -0.492. The van der Waals surface area contributed by atoms with Crippen LogP contribution in [0.2, 0.25) is 0 Å². The van der Waals surface area contributed by atoms with Gasteiger partial charge in [0.05, 0.1) is 11.6 Å². The summed E-state index contributed by atoms with van der Waals surface area (Å²) in [6.07, 6.45) is 3.84. The maximum Gasteiger partial charge on any atom is 0.229 e. The topological polar surface area (TPSA) is 52.7 Å². The number of para-hydroxylation sites is 1. The average molecular weight is 381 g/mol. The van der Waals surface area contributed by atoms with Gasteiger partial charge >= 0.3 is 0 Å². The molecule has 0 aromatic heterocycles. The Hall–Kier alpha value is -2.89. The highest BCUT2D eigenvalue weighted by Gasteiger charge is 2.35. The van der Waals surface area contributed by atoms with E-state index in [9.17, 15) is 14.0 Å². The molecule has 5 nitrogen and oxygen atoms in total. The SMILES string of the molecule is O=C(Nc1ccccc1F)C1CC(=O)N(c2ccc(N3CCCCC3)cc2)C1. The van der Waals surface area contributed by atoms with Crippen LogP contribution in [-0.4, -0.2) is 31.4 Å². The third-order valence-corrected chi connectivity index (χ3v) is 5.51. The Bertz CT molecular complexity index is 862. The summed E-state index contributed by atoms with van der Waals surface area (Å²) in [7, 11) is 0. The number of hydrogen-bond acceptors (Lipinski definition) is 3. The lowest BCUT2D eigenvalue weighted by Crippen LogP contribution is -2.30. The first-order chi connectivity index (χ1) is 13.6. The molecule has 2 aromatic carbocycles. The normalized spacial score (nSPS) is 19.8. The zero-order valence-electron chi connectivity index (χ0n) is 15.7. The summed E-state index contributed by atoms with van der Waals surface area (Å²) in [5, 5.41) is 2.60. The summed E-state index contributed by atoms with van der Waals surface area (Å²) in [6, 6.07) is 14.0. The van der Waals surface area contributed by atoms with Crippen LogP contribution in [0.3, 0.4) is 0 Å². The Morgan fingerprint density at radius 3 is 2.36 bits per heavy atom. The van der Waals surface area contributed by atoms with Crippen LogP contribution in [-0.2, 0) is 9.59 Å². The van der Waals surface area contributed by atoms with Crippen molar-refractivity contribution in [1.82, 2.24) is 0 Å². The van der Waals surface area contributed by atoms with E-state index in [1.54, 1.807) is 17.0 Å². The van der Waals surface area contributed by atoms with Gasteiger partial charge in [-0.3, -0.25) is 9.59 Å². The molecule has 2 aliphatic heterocycles. The summed E-state index contributed by atoms with van der Waals surface area (Å²) in [5.74, 6) is -1.38. The van der Waals surface area contributed by atoms with Gasteiger partial charge in [-0.15, -0.1) is 0 Å². The molecule has 2 fully saturated rings. The van der Waals surface area contributed by atoms with Crippen molar-refractivity contribution in [2.75, 3.05) is 34.8 Å². The average Bonchev–Trinajstić information content (AvgIpc) is 3.12. The second-order valence-corrected chi connectivity index (χ2v) is 7.44. The number of carbonyl (C=O) groups is 2. The van der Waals surface area contributed by atoms with Gasteiger partial charge in [0.2, 0.25) is 11.8 Å². The van der Waals surface area contributed by atoms with Crippen LogP contribution >= 0.6 is 0 Å². The molecule has 1 atom stereocenters. The summed E-state index contributed by atoms with van der Waals surface area (Å²) in [4.78, 5) is 29.0. The molecule has 146 valence electrons. The maximum absolute atomic E-state index is 13.8. The molecule has 0 saturated carbocycles. The molecule has 0 aliphatic carbocycles. The number of carbonyl (C=O) groups excluding carboxylic acids is 2. The highest BCUT2D eigenvalue weighted by Crippen LogP contribution is 2.29. The van der Waals surface area contributed by atoms with E-state index in [1.165, 1.54) is 37.1 Å². The highest BCUT2D eigenvalue weighted by atomic mass is 19.1. The van der Waals surface area contributed by atoms with E-state index in [0.717, 1.165) is 18.8 Å². The van der Waals surface area contributed by atoms with Crippen molar-refractivity contribution >= 4 is 28.9 Å². The van der Waals surface area contributed by atoms with Gasteiger partial charge in [0.25, 0.3) is 0 Å². The van der Waals surface area contributed by atoms with Crippen molar-refractivity contribution < 1.29 is 14.0 Å². The molecule has 2 amide bonds. The van der Waals surface area contributed by atoms with Gasteiger partial charge in [0.15, 0.2) is 0 Å². The van der Waals surface area contributed by atoms with E-state index in [-0.39, 0.29) is 23.9 Å². The zero-order valence-corrected chi connectivity index (χ0v) is 15.7. The third kappa shape index (κ3) is 3.86. The fraction of sp³-hybridized carbons (Fsp3) is 0.364. The first-order valence-electron chi connectivity index (χ1n) is 9.82. The number of hydrogen-bond donors (Lipinski definition) is 1. The van der Waals surface area contributed by atoms with Crippen LogP contribution in [0.5, 0.6) is 0 Å². The van der Waals surface area contributed by atoms with Crippen molar-refractivity contribution in [3.8, 4) is 0 Å². The Kier molecular flexibility index (Phi) is 5.28. The zero-order chi connectivity index (χ0) is 19.5. The number of nitrogens with zero attached hydrogens (tertiary/aromatic N) is 2. The summed E-state index contributed by atoms with van der Waals surface area (Å²) in [5.41, 5.74) is 2.11. The predicted octanol–water partition coefficient (Wildman–Crippen LogP) is 3.81. The second kappa shape index (κ2) is 8.00. The standard InChI is InChI=1S/C22H24FN3O2/c23-19-6-2-3-7-20(19)24-22(28)16-14-21(27)26(15-16)18-10-8-17(9-11-18)25-12-4-1-5-13-25/h2-3,6-11,16H,1,4-5,12-15H2,(H,24,28). The predicted molar refractivity (Wildman–Crippen MR) is 108 cm³/mol. The van der Waals surface area contributed by atoms with Crippen molar-refractivity contribution in [2.24, 2.45) is 5.92 Å². The number of benzene rings is 2. The summed E-state index contributed by atoms with van der Waals surface area (Å²) < 4.78 is 13.8. The molecule has 2 saturated heterocycles. The first kappa shape index (κ1) is 18.5. The van der Waals surface area contributed by atoms with Crippen LogP contribution < -0.4 is 15.1 Å². The van der Waals surface area contributed by atoms with Crippen LogP contribution in [0, 0.1) is 11.7 Å². The van der Waals surface area contributed by atoms with Gasteiger partial charge in [-0.25, -0.2) is 4.39 Å². The fourth-order valence-corrected chi connectivity index (χ4v) is 3.93. The lowest BCUT2D eigenvalue weighted by atomic mass is 10.1. The van der Waals surface area contributed by atoms with Gasteiger partial charge in [-0.2, -0.15) is 0 Å². The number of halogens is 1. The largest absolute Gasteiger partial charge is 0.372 e. The quantitative estimate of drug-likeness (QED) is 0.876. The molecule has 6 heteroatoms. The van der Waals surface area contributed by atoms with E-state index in [4.69, 9.17) is 0 Å². The van der Waals surface area contributed by atoms with E-state index in [1.807, 2.05) is 24.3 Å². The smallest absolute Gasteiger partial charge is 0.229 e. The Morgan fingerprint density at radius 1 is 0.964 bits per heavy atom. The molecule has 1 unspecified atom stereocenters. The van der Waals surface area contributed by atoms with Crippen molar-refractivity contribution in [1.29, 1.82) is 0 Å². The Morgan fingerprint density at radius 2 is 1.64 bits per heavy atom. The number of amides is 2. The van der Waals surface area contributed by atoms with Crippen molar-refractivity contribution in [3.63, 3.8) is 0 Å². The van der Waals surface area contributed by atoms with Crippen molar-refractivity contribution in [2.45, 2.75) is 25.7 Å². The molecule has 0 radical (unpaired) electrons. The summed E-state index contributed by atoms with van der Waals surface area (Å²) >= 11 is 0. The molecular weight excluding hydrogens is 357 g/mol. The van der Waals surface area contributed by atoms with Crippen molar-refractivity contribution in [3.05, 3.63) is 54.3 Å². The molecular formula is C22H24FN3O2. The van der Waals surface area contributed by atoms with Gasteiger partial charge in [0.1, 0.15) is 5.82 Å². The van der Waals surface area contributed by atoms with E-state index >= 15 is 0 Å². The molecule has 0 bridgehead atoms. The van der Waals surface area contributed by atoms with E-state index in [0.29, 0.717) is 6.54 Å². The molecule has 0 spiro atoms. The molecule has 28 heavy (non-hydrogen) atoms. The lowest BCUT2D eigenvalue weighted by Gasteiger charge is -2.29. The Balaban J connectivity index is 1.41. The van der Waals surface area contributed by atoms with Gasteiger partial charge < -0.3 is 15.1 Å². The van der Waals surface area contributed by atoms with Gasteiger partial charge in [0, 0.05) is 37.4 Å². The second-order valence-electron chi connectivity index (χ2n) is 7.44. The fourth-order valence-electron chi connectivity index (χ4n) is 3.93. The van der Waals surface area contributed by atoms with Crippen LogP contribution in [0.25, 0.3) is 0 Å².